The molecule has 4 aromatic rings. The minimum Gasteiger partial charge on any atom is -0.375 e. The monoisotopic (exact) mass is 639 g/mol. The van der Waals surface area contributed by atoms with Gasteiger partial charge in [0, 0.05) is 40.9 Å². The lowest BCUT2D eigenvalue weighted by molar-refractivity contribution is -0.308. The molecular weight excluding hydrogens is 610 g/mol. The van der Waals surface area contributed by atoms with Crippen LogP contribution in [0, 0.1) is 11.5 Å². The minimum absolute atomic E-state index is 0.345. The van der Waals surface area contributed by atoms with Gasteiger partial charge in [-0.15, -0.1) is 22.0 Å². The Morgan fingerprint density at radius 3 is 2.74 bits per heavy atom. The number of hydrogen-bond acceptors (Lipinski definition) is 10. The molecule has 3 unspecified atom stereocenters. The Morgan fingerprint density at radius 2 is 2.00 bits per heavy atom. The number of ether oxygens (including phenoxy) is 4. The van der Waals surface area contributed by atoms with Crippen molar-refractivity contribution in [2.75, 3.05) is 13.7 Å². The highest BCUT2D eigenvalue weighted by atomic mass is 35.5. The number of fused-ring (bicyclic) bond motifs is 1. The lowest BCUT2D eigenvalue weighted by Crippen LogP contribution is -2.59. The third-order valence-electron chi connectivity index (χ3n) is 6.71. The van der Waals surface area contributed by atoms with E-state index in [1.54, 1.807) is 23.4 Å². The molecule has 0 amide bonds. The van der Waals surface area contributed by atoms with Crippen molar-refractivity contribution >= 4 is 42.8 Å². The van der Waals surface area contributed by atoms with Crippen LogP contribution in [0.3, 0.4) is 0 Å². The number of halogens is 1. The van der Waals surface area contributed by atoms with Gasteiger partial charge in [-0.25, -0.2) is 9.67 Å². The van der Waals surface area contributed by atoms with Gasteiger partial charge in [0.2, 0.25) is 0 Å². The van der Waals surface area contributed by atoms with E-state index >= 15 is 0 Å². The van der Waals surface area contributed by atoms with Gasteiger partial charge in [0.25, 0.3) is 0 Å². The third-order valence-corrected chi connectivity index (χ3v) is 9.88. The molecule has 6 atom stereocenters. The summed E-state index contributed by atoms with van der Waals surface area (Å²) in [4.78, 5) is 9.74. The van der Waals surface area contributed by atoms with Crippen LogP contribution in [0.15, 0.2) is 65.3 Å². The average molecular weight is 640 g/mol. The molecule has 0 saturated carbocycles. The van der Waals surface area contributed by atoms with Gasteiger partial charge < -0.3 is 18.9 Å². The van der Waals surface area contributed by atoms with Crippen molar-refractivity contribution in [3.05, 3.63) is 76.6 Å². The number of aromatic nitrogens is 5. The zero-order valence-corrected chi connectivity index (χ0v) is 26.9. The Kier molecular flexibility index (Phi) is 8.81. The maximum Gasteiger partial charge on any atom is 0.184 e. The predicted octanol–water partition coefficient (Wildman–Crippen LogP) is 5.87. The van der Waals surface area contributed by atoms with Gasteiger partial charge >= 0.3 is 0 Å². The molecule has 13 heteroatoms. The molecular formula is C29H30ClN5O4S2Si. The number of benzene rings is 1. The van der Waals surface area contributed by atoms with Gasteiger partial charge in [-0.3, -0.25) is 4.98 Å². The summed E-state index contributed by atoms with van der Waals surface area (Å²) in [5.41, 5.74) is 5.43. The van der Waals surface area contributed by atoms with Crippen LogP contribution >= 0.6 is 34.7 Å². The van der Waals surface area contributed by atoms with E-state index in [1.165, 1.54) is 23.1 Å². The summed E-state index contributed by atoms with van der Waals surface area (Å²) in [5.74, 6) is 3.29. The molecule has 0 radical (unpaired) electrons. The van der Waals surface area contributed by atoms with Gasteiger partial charge in [-0.1, -0.05) is 84.5 Å². The summed E-state index contributed by atoms with van der Waals surface area (Å²) < 4.78 is 27.3. The van der Waals surface area contributed by atoms with Crippen molar-refractivity contribution in [2.45, 2.75) is 60.6 Å². The molecule has 2 aliphatic heterocycles. The van der Waals surface area contributed by atoms with Crippen LogP contribution in [0.5, 0.6) is 0 Å². The second kappa shape index (κ2) is 12.6. The predicted molar refractivity (Wildman–Crippen MR) is 165 cm³/mol. The van der Waals surface area contributed by atoms with Gasteiger partial charge in [0.05, 0.1) is 12.8 Å². The van der Waals surface area contributed by atoms with Crippen LogP contribution in [0.25, 0.3) is 10.7 Å². The van der Waals surface area contributed by atoms with Crippen molar-refractivity contribution in [2.24, 2.45) is 0 Å². The Hall–Kier alpha value is -2.60. The Labute approximate surface area is 258 Å². The first-order chi connectivity index (χ1) is 20.3. The van der Waals surface area contributed by atoms with Gasteiger partial charge in [-0.2, -0.15) is 0 Å². The molecule has 2 saturated heterocycles. The molecule has 2 fully saturated rings. The molecule has 3 aromatic heterocycles. The molecule has 0 aliphatic carbocycles. The zero-order valence-electron chi connectivity index (χ0n) is 23.5. The largest absolute Gasteiger partial charge is 0.375 e. The fourth-order valence-corrected chi connectivity index (χ4v) is 7.43. The van der Waals surface area contributed by atoms with Crippen LogP contribution in [-0.4, -0.2) is 70.5 Å². The molecule has 0 spiro atoms. The Morgan fingerprint density at radius 1 is 1.17 bits per heavy atom. The molecule has 5 heterocycles. The van der Waals surface area contributed by atoms with Gasteiger partial charge in [-0.05, 0) is 6.07 Å². The Balaban J connectivity index is 1.32. The highest BCUT2D eigenvalue weighted by Gasteiger charge is 2.52. The number of thiazole rings is 1. The number of rotatable bonds is 6. The molecule has 218 valence electrons. The van der Waals surface area contributed by atoms with Gasteiger partial charge in [0.15, 0.2) is 6.29 Å². The highest BCUT2D eigenvalue weighted by Crippen LogP contribution is 2.44. The highest BCUT2D eigenvalue weighted by molar-refractivity contribution is 7.99. The molecule has 9 nitrogen and oxygen atoms in total. The molecule has 6 rings (SSSR count). The van der Waals surface area contributed by atoms with E-state index in [-0.39, 0.29) is 12.1 Å². The number of hydrogen-bond donors (Lipinski definition) is 0. The topological polar surface area (TPSA) is 93.4 Å². The van der Waals surface area contributed by atoms with E-state index in [4.69, 9.17) is 30.5 Å². The normalized spacial score (nSPS) is 25.8. The summed E-state index contributed by atoms with van der Waals surface area (Å²) in [6.45, 7) is 7.00. The van der Waals surface area contributed by atoms with Gasteiger partial charge in [0.1, 0.15) is 53.7 Å². The van der Waals surface area contributed by atoms with Crippen molar-refractivity contribution < 1.29 is 18.9 Å². The minimum atomic E-state index is -1.53. The van der Waals surface area contributed by atoms with Crippen molar-refractivity contribution in [3.63, 3.8) is 0 Å². The van der Waals surface area contributed by atoms with E-state index in [0.717, 1.165) is 16.0 Å². The SMILES string of the molecule is COC1[C@@H](Sc2cncc(C#C[Si](C)(C)C)c2)OC2COC(c3ccccc3)O[C@@H]2[C@@H]1n1cc(-c2nc(Cl)cs2)nn1. The first kappa shape index (κ1) is 29.5. The second-order valence-electron chi connectivity index (χ2n) is 11.0. The van der Waals surface area contributed by atoms with Crippen LogP contribution in [0.1, 0.15) is 23.5 Å². The first-order valence-corrected chi connectivity index (χ1v) is 19.1. The van der Waals surface area contributed by atoms with Crippen LogP contribution < -0.4 is 0 Å². The van der Waals surface area contributed by atoms with Crippen molar-refractivity contribution in [1.29, 1.82) is 0 Å². The van der Waals surface area contributed by atoms with E-state index in [0.29, 0.717) is 22.5 Å². The number of thioether (sulfide) groups is 1. The fourth-order valence-electron chi connectivity index (χ4n) is 4.83. The van der Waals surface area contributed by atoms with E-state index < -0.39 is 32.0 Å². The maximum atomic E-state index is 6.62. The molecule has 1 aromatic carbocycles. The Bertz CT molecular complexity index is 1590. The summed E-state index contributed by atoms with van der Waals surface area (Å²) in [6.07, 6.45) is 3.68. The third kappa shape index (κ3) is 6.64. The van der Waals surface area contributed by atoms with Crippen LogP contribution in [0.4, 0.5) is 0 Å². The molecule has 0 N–H and O–H groups in total. The van der Waals surface area contributed by atoms with E-state index in [1.807, 2.05) is 48.8 Å². The zero-order chi connectivity index (χ0) is 29.3. The van der Waals surface area contributed by atoms with E-state index in [9.17, 15) is 0 Å². The van der Waals surface area contributed by atoms with Crippen molar-refractivity contribution in [3.8, 4) is 22.2 Å². The quantitative estimate of drug-likeness (QED) is 0.190. The second-order valence-corrected chi connectivity index (χ2v) is 18.2. The number of pyridine rings is 1. The summed E-state index contributed by atoms with van der Waals surface area (Å²) in [5, 5.41) is 11.8. The van der Waals surface area contributed by atoms with Crippen LogP contribution in [0.2, 0.25) is 24.8 Å². The molecule has 42 heavy (non-hydrogen) atoms. The van der Waals surface area contributed by atoms with Crippen molar-refractivity contribution in [1.82, 2.24) is 25.0 Å². The van der Waals surface area contributed by atoms with Crippen LogP contribution in [-0.2, 0) is 18.9 Å². The number of nitrogens with zero attached hydrogens (tertiary/aromatic N) is 5. The summed E-state index contributed by atoms with van der Waals surface area (Å²) >= 11 is 9.03. The number of methoxy groups -OCH3 is 1. The lowest BCUT2D eigenvalue weighted by Gasteiger charge is -2.48. The maximum absolute atomic E-state index is 6.62. The fraction of sp³-hybridized carbons (Fsp3) is 0.379. The summed E-state index contributed by atoms with van der Waals surface area (Å²) in [7, 11) is 0.147. The molecule has 2 aliphatic rings. The standard InChI is InChI=1S/C29H30ClN5O4S2Si/c1-36-26-24(35-15-21(33-34-35)27-32-23(30)17-40-27)25-22(16-37-28(39-25)19-8-6-5-7-9-19)38-29(26)41-20-12-18(13-31-14-20)10-11-42(2,3)4/h5-9,12-15,17,22,24-26,28-29H,16H2,1-4H3/t22?,24-,25-,26?,28?,29+/m0/s1. The first-order valence-electron chi connectivity index (χ1n) is 13.5. The average Bonchev–Trinajstić information content (AvgIpc) is 3.65. The van der Waals surface area contributed by atoms with E-state index in [2.05, 4.69) is 51.4 Å². The summed E-state index contributed by atoms with van der Waals surface area (Å²) in [6, 6.07) is 11.5. The molecule has 0 bridgehead atoms. The smallest absolute Gasteiger partial charge is 0.184 e. The lowest BCUT2D eigenvalue weighted by atomic mass is 9.96.